The molecule has 3 rings (SSSR count). The van der Waals surface area contributed by atoms with Gasteiger partial charge in [-0.25, -0.2) is 4.79 Å². The normalized spacial score (nSPS) is 10.9. The fourth-order valence-corrected chi connectivity index (χ4v) is 2.15. The van der Waals surface area contributed by atoms with E-state index in [1.165, 1.54) is 12.3 Å². The van der Waals surface area contributed by atoms with Crippen LogP contribution in [0, 0.1) is 0 Å². The Balaban J connectivity index is 2.22. The van der Waals surface area contributed by atoms with Gasteiger partial charge in [0.15, 0.2) is 11.5 Å². The number of carboxylic acid groups (broad SMARTS) is 1. The largest absolute Gasteiger partial charge is 0.478 e. The number of hydrogen-bond donors (Lipinski definition) is 1. The van der Waals surface area contributed by atoms with Crippen molar-refractivity contribution in [3.63, 3.8) is 0 Å². The zero-order chi connectivity index (χ0) is 14.3. The van der Waals surface area contributed by atoms with E-state index in [-0.39, 0.29) is 5.56 Å². The summed E-state index contributed by atoms with van der Waals surface area (Å²) in [6.07, 6.45) is 1.47. The molecule has 1 N–H and O–H groups in total. The highest BCUT2D eigenvalue weighted by atomic mass is 35.5. The van der Waals surface area contributed by atoms with Crippen LogP contribution < -0.4 is 0 Å². The number of aromatic carboxylic acids is 1. The van der Waals surface area contributed by atoms with Crippen molar-refractivity contribution in [1.82, 2.24) is 14.6 Å². The second-order valence-corrected chi connectivity index (χ2v) is 4.92. The lowest BCUT2D eigenvalue weighted by atomic mass is 10.2. The predicted molar refractivity (Wildman–Crippen MR) is 75.4 cm³/mol. The second kappa shape index (κ2) is 4.77. The average molecular weight is 308 g/mol. The molecule has 0 bridgehead atoms. The van der Waals surface area contributed by atoms with E-state index in [4.69, 9.17) is 28.3 Å². The Bertz CT molecular complexity index is 830. The number of fused-ring (bicyclic) bond motifs is 1. The summed E-state index contributed by atoms with van der Waals surface area (Å²) in [6.45, 7) is 0. The minimum Gasteiger partial charge on any atom is -0.478 e. The van der Waals surface area contributed by atoms with Crippen molar-refractivity contribution in [2.24, 2.45) is 0 Å². The number of carbonyl (C=O) groups is 1. The Labute approximate surface area is 123 Å². The summed E-state index contributed by atoms with van der Waals surface area (Å²) in [5, 5.41) is 17.9. The zero-order valence-corrected chi connectivity index (χ0v) is 11.4. The van der Waals surface area contributed by atoms with Crippen LogP contribution in [0.3, 0.4) is 0 Å². The number of rotatable bonds is 2. The molecule has 0 aliphatic heterocycles. The van der Waals surface area contributed by atoms with Crippen molar-refractivity contribution < 1.29 is 9.90 Å². The molecule has 0 saturated carbocycles. The molecule has 3 aromatic rings. The molecule has 1 aromatic carbocycles. The van der Waals surface area contributed by atoms with E-state index in [0.717, 1.165) is 0 Å². The van der Waals surface area contributed by atoms with Gasteiger partial charge in [0.05, 0.1) is 15.6 Å². The summed E-state index contributed by atoms with van der Waals surface area (Å²) < 4.78 is 1.60. The molecule has 0 fully saturated rings. The first-order valence-corrected chi connectivity index (χ1v) is 6.35. The molecular formula is C13H7Cl2N3O2. The third kappa shape index (κ3) is 2.11. The van der Waals surface area contributed by atoms with Gasteiger partial charge in [-0.1, -0.05) is 23.2 Å². The van der Waals surface area contributed by atoms with Gasteiger partial charge in [-0.05, 0) is 30.3 Å². The van der Waals surface area contributed by atoms with E-state index < -0.39 is 5.97 Å². The lowest BCUT2D eigenvalue weighted by molar-refractivity contribution is 0.0696. The van der Waals surface area contributed by atoms with E-state index in [1.807, 2.05) is 0 Å². The third-order valence-electron chi connectivity index (χ3n) is 2.83. The average Bonchev–Trinajstić information content (AvgIpc) is 2.84. The summed E-state index contributed by atoms with van der Waals surface area (Å²) in [4.78, 5) is 11.0. The van der Waals surface area contributed by atoms with Gasteiger partial charge in [0.2, 0.25) is 0 Å². The molecule has 0 spiro atoms. The van der Waals surface area contributed by atoms with Crippen LogP contribution in [0.15, 0.2) is 36.5 Å². The fraction of sp³-hybridized carbons (Fsp3) is 0. The van der Waals surface area contributed by atoms with Crippen LogP contribution in [-0.4, -0.2) is 25.7 Å². The summed E-state index contributed by atoms with van der Waals surface area (Å²) in [6, 6.07) is 8.13. The Morgan fingerprint density at radius 2 is 1.90 bits per heavy atom. The van der Waals surface area contributed by atoms with E-state index in [0.29, 0.717) is 27.1 Å². The molecule has 0 saturated heterocycles. The Morgan fingerprint density at radius 3 is 2.60 bits per heavy atom. The zero-order valence-electron chi connectivity index (χ0n) is 9.92. The molecule has 0 radical (unpaired) electrons. The van der Waals surface area contributed by atoms with Crippen molar-refractivity contribution in [2.75, 3.05) is 0 Å². The van der Waals surface area contributed by atoms with E-state index in [1.54, 1.807) is 28.7 Å². The molecule has 20 heavy (non-hydrogen) atoms. The van der Waals surface area contributed by atoms with Gasteiger partial charge in [0.1, 0.15) is 0 Å². The van der Waals surface area contributed by atoms with Crippen LogP contribution in [0.5, 0.6) is 0 Å². The minimum absolute atomic E-state index is 0.151. The van der Waals surface area contributed by atoms with Crippen molar-refractivity contribution in [1.29, 1.82) is 0 Å². The van der Waals surface area contributed by atoms with Crippen LogP contribution in [0.4, 0.5) is 0 Å². The van der Waals surface area contributed by atoms with Crippen LogP contribution in [-0.2, 0) is 0 Å². The topological polar surface area (TPSA) is 67.5 Å². The van der Waals surface area contributed by atoms with Gasteiger partial charge < -0.3 is 5.11 Å². The number of carboxylic acids is 1. The molecule has 0 atom stereocenters. The maximum absolute atomic E-state index is 11.0. The number of pyridine rings is 1. The van der Waals surface area contributed by atoms with Crippen LogP contribution in [0.1, 0.15) is 10.4 Å². The number of halogens is 2. The minimum atomic E-state index is -1.01. The molecular weight excluding hydrogens is 301 g/mol. The fourth-order valence-electron chi connectivity index (χ4n) is 1.85. The Hall–Kier alpha value is -2.11. The summed E-state index contributed by atoms with van der Waals surface area (Å²) in [5.74, 6) is -0.512. The van der Waals surface area contributed by atoms with Crippen molar-refractivity contribution in [3.8, 4) is 11.4 Å². The van der Waals surface area contributed by atoms with Gasteiger partial charge >= 0.3 is 5.97 Å². The van der Waals surface area contributed by atoms with Crippen molar-refractivity contribution >= 4 is 34.8 Å². The van der Waals surface area contributed by atoms with E-state index >= 15 is 0 Å². The first kappa shape index (κ1) is 12.9. The molecule has 0 unspecified atom stereocenters. The monoisotopic (exact) mass is 307 g/mol. The first-order chi connectivity index (χ1) is 9.56. The molecule has 5 nitrogen and oxygen atoms in total. The second-order valence-electron chi connectivity index (χ2n) is 4.10. The molecule has 2 aromatic heterocycles. The number of aromatic nitrogens is 3. The highest BCUT2D eigenvalue weighted by Crippen LogP contribution is 2.27. The first-order valence-electron chi connectivity index (χ1n) is 5.60. The molecule has 7 heteroatoms. The Kier molecular flexibility index (Phi) is 3.08. The van der Waals surface area contributed by atoms with Crippen LogP contribution in [0.25, 0.3) is 17.0 Å². The van der Waals surface area contributed by atoms with E-state index in [9.17, 15) is 4.79 Å². The molecule has 100 valence electrons. The van der Waals surface area contributed by atoms with Gasteiger partial charge in [0, 0.05) is 11.8 Å². The highest BCUT2D eigenvalue weighted by Gasteiger charge is 2.12. The number of nitrogens with zero attached hydrogens (tertiary/aromatic N) is 3. The smallest absolute Gasteiger partial charge is 0.337 e. The quantitative estimate of drug-likeness (QED) is 0.788. The molecule has 0 aliphatic rings. The van der Waals surface area contributed by atoms with Gasteiger partial charge in [-0.2, -0.15) is 0 Å². The SMILES string of the molecule is O=C(O)c1ccc2nnc(-c3ccc(Cl)c(Cl)c3)n2c1. The van der Waals surface area contributed by atoms with Gasteiger partial charge in [-0.15, -0.1) is 10.2 Å². The highest BCUT2D eigenvalue weighted by molar-refractivity contribution is 6.42. The van der Waals surface area contributed by atoms with E-state index in [2.05, 4.69) is 10.2 Å². The summed E-state index contributed by atoms with van der Waals surface area (Å²) >= 11 is 11.9. The summed E-state index contributed by atoms with van der Waals surface area (Å²) in [5.41, 5.74) is 1.41. The maximum atomic E-state index is 11.0. The molecule has 0 aliphatic carbocycles. The number of hydrogen-bond acceptors (Lipinski definition) is 3. The molecule has 0 amide bonds. The van der Waals surface area contributed by atoms with Gasteiger partial charge in [-0.3, -0.25) is 4.40 Å². The standard InChI is InChI=1S/C13H7Cl2N3O2/c14-9-3-1-7(5-10(9)15)12-17-16-11-4-2-8(13(19)20)6-18(11)12/h1-6H,(H,19,20). The lowest BCUT2D eigenvalue weighted by Crippen LogP contribution is -1.99. The van der Waals surface area contributed by atoms with Crippen molar-refractivity contribution in [3.05, 3.63) is 52.1 Å². The number of benzene rings is 1. The lowest BCUT2D eigenvalue weighted by Gasteiger charge is -2.03. The van der Waals surface area contributed by atoms with Crippen molar-refractivity contribution in [2.45, 2.75) is 0 Å². The predicted octanol–water partition coefficient (Wildman–Crippen LogP) is 3.40. The van der Waals surface area contributed by atoms with Crippen LogP contribution in [0.2, 0.25) is 10.0 Å². The Morgan fingerprint density at radius 1 is 1.10 bits per heavy atom. The van der Waals surface area contributed by atoms with Crippen LogP contribution >= 0.6 is 23.2 Å². The third-order valence-corrected chi connectivity index (χ3v) is 3.57. The molecule has 2 heterocycles. The summed E-state index contributed by atoms with van der Waals surface area (Å²) in [7, 11) is 0. The van der Waals surface area contributed by atoms with Gasteiger partial charge in [0.25, 0.3) is 0 Å². The maximum Gasteiger partial charge on any atom is 0.337 e.